The van der Waals surface area contributed by atoms with Crippen LogP contribution < -0.4 is 4.90 Å². The van der Waals surface area contributed by atoms with E-state index >= 15 is 0 Å². The van der Waals surface area contributed by atoms with E-state index in [1.807, 2.05) is 39.2 Å². The number of fused-ring (bicyclic) bond motifs is 1. The molecule has 2 nitrogen and oxygen atoms in total. The van der Waals surface area contributed by atoms with E-state index < -0.39 is 0 Å². The summed E-state index contributed by atoms with van der Waals surface area (Å²) in [5.74, 6) is 0.198. The highest BCUT2D eigenvalue weighted by atomic mass is 16.1. The molecule has 0 fully saturated rings. The van der Waals surface area contributed by atoms with Gasteiger partial charge in [0.2, 0.25) is 0 Å². The average Bonchev–Trinajstić information content (AvgIpc) is 2.36. The quantitative estimate of drug-likeness (QED) is 0.748. The third kappa shape index (κ3) is 2.31. The van der Waals surface area contributed by atoms with Crippen LogP contribution in [0.15, 0.2) is 36.4 Å². The number of benzene rings is 2. The fourth-order valence-corrected chi connectivity index (χ4v) is 1.89. The molecule has 0 heterocycles. The largest absolute Gasteiger partial charge is 0.378 e. The molecule has 0 atom stereocenters. The number of anilines is 1. The number of nitrogens with zero attached hydrogens (tertiary/aromatic N) is 1. The zero-order valence-corrected chi connectivity index (χ0v) is 10.5. The molecule has 0 unspecified atom stereocenters. The Morgan fingerprint density at radius 3 is 2.35 bits per heavy atom. The minimum Gasteiger partial charge on any atom is -0.378 e. The first-order valence-corrected chi connectivity index (χ1v) is 5.86. The first-order valence-electron chi connectivity index (χ1n) is 5.86. The summed E-state index contributed by atoms with van der Waals surface area (Å²) in [5.41, 5.74) is 1.98. The Kier molecular flexibility index (Phi) is 3.14. The van der Waals surface area contributed by atoms with Gasteiger partial charge in [-0.05, 0) is 29.0 Å². The van der Waals surface area contributed by atoms with Crippen molar-refractivity contribution in [1.82, 2.24) is 0 Å². The monoisotopic (exact) mass is 227 g/mol. The number of hydrogen-bond acceptors (Lipinski definition) is 2. The molecule has 0 aliphatic heterocycles. The number of carbonyl (C=O) groups is 1. The molecule has 2 rings (SSSR count). The predicted molar refractivity (Wildman–Crippen MR) is 72.9 cm³/mol. The highest BCUT2D eigenvalue weighted by Gasteiger charge is 2.04. The van der Waals surface area contributed by atoms with Gasteiger partial charge in [0, 0.05) is 31.8 Å². The standard InChI is InChI=1S/C15H17NO/c1-4-15(17)13-6-5-12-10-14(16(2)3)8-7-11(12)9-13/h5-10H,4H2,1-3H3. The van der Waals surface area contributed by atoms with Crippen molar-refractivity contribution in [1.29, 1.82) is 0 Å². The first-order chi connectivity index (χ1) is 8.11. The Balaban J connectivity index is 2.50. The normalized spacial score (nSPS) is 10.5. The molecule has 0 aliphatic carbocycles. The third-order valence-corrected chi connectivity index (χ3v) is 2.98. The van der Waals surface area contributed by atoms with Crippen LogP contribution in [0.5, 0.6) is 0 Å². The van der Waals surface area contributed by atoms with E-state index in [1.54, 1.807) is 0 Å². The van der Waals surface area contributed by atoms with Crippen molar-refractivity contribution >= 4 is 22.2 Å². The zero-order chi connectivity index (χ0) is 12.4. The molecule has 0 spiro atoms. The zero-order valence-electron chi connectivity index (χ0n) is 10.5. The molecule has 0 aliphatic rings. The van der Waals surface area contributed by atoms with E-state index in [-0.39, 0.29) is 5.78 Å². The van der Waals surface area contributed by atoms with Gasteiger partial charge in [-0.1, -0.05) is 25.1 Å². The first kappa shape index (κ1) is 11.6. The average molecular weight is 227 g/mol. The van der Waals surface area contributed by atoms with Crippen molar-refractivity contribution < 1.29 is 4.79 Å². The highest BCUT2D eigenvalue weighted by Crippen LogP contribution is 2.22. The molecule has 0 N–H and O–H groups in total. The molecule has 17 heavy (non-hydrogen) atoms. The Hall–Kier alpha value is -1.83. The molecule has 0 aromatic heterocycles. The van der Waals surface area contributed by atoms with Crippen LogP contribution in [0.3, 0.4) is 0 Å². The maximum Gasteiger partial charge on any atom is 0.162 e. The van der Waals surface area contributed by atoms with Gasteiger partial charge in [-0.25, -0.2) is 0 Å². The fourth-order valence-electron chi connectivity index (χ4n) is 1.89. The summed E-state index contributed by atoms with van der Waals surface area (Å²) < 4.78 is 0. The van der Waals surface area contributed by atoms with E-state index in [2.05, 4.69) is 23.1 Å². The van der Waals surface area contributed by atoms with Crippen LogP contribution in [0, 0.1) is 0 Å². The van der Waals surface area contributed by atoms with Gasteiger partial charge in [0.05, 0.1) is 0 Å². The second-order valence-corrected chi connectivity index (χ2v) is 4.42. The molecule has 0 radical (unpaired) electrons. The summed E-state index contributed by atoms with van der Waals surface area (Å²) in [6.45, 7) is 1.89. The number of Topliss-reactive ketones (excluding diaryl/α,β-unsaturated/α-hetero) is 1. The maximum absolute atomic E-state index is 11.6. The van der Waals surface area contributed by atoms with Gasteiger partial charge in [-0.2, -0.15) is 0 Å². The van der Waals surface area contributed by atoms with Gasteiger partial charge in [0.25, 0.3) is 0 Å². The van der Waals surface area contributed by atoms with Gasteiger partial charge < -0.3 is 4.90 Å². The Bertz CT molecular complexity index is 558. The minimum absolute atomic E-state index is 0.198. The van der Waals surface area contributed by atoms with Crippen LogP contribution in [0.25, 0.3) is 10.8 Å². The SMILES string of the molecule is CCC(=O)c1ccc2cc(N(C)C)ccc2c1. The minimum atomic E-state index is 0.198. The second-order valence-electron chi connectivity index (χ2n) is 4.42. The number of carbonyl (C=O) groups excluding carboxylic acids is 1. The summed E-state index contributed by atoms with van der Waals surface area (Å²) in [5, 5.41) is 2.29. The lowest BCUT2D eigenvalue weighted by Crippen LogP contribution is -2.08. The van der Waals surface area contributed by atoms with E-state index in [0.29, 0.717) is 6.42 Å². The summed E-state index contributed by atoms with van der Waals surface area (Å²) >= 11 is 0. The lowest BCUT2D eigenvalue weighted by Gasteiger charge is -2.13. The molecule has 0 saturated heterocycles. The van der Waals surface area contributed by atoms with E-state index in [9.17, 15) is 4.79 Å². The van der Waals surface area contributed by atoms with Crippen molar-refractivity contribution in [2.45, 2.75) is 13.3 Å². The molecule has 2 heteroatoms. The van der Waals surface area contributed by atoms with E-state index in [1.165, 1.54) is 11.1 Å². The number of hydrogen-bond donors (Lipinski definition) is 0. The lowest BCUT2D eigenvalue weighted by atomic mass is 10.0. The fraction of sp³-hybridized carbons (Fsp3) is 0.267. The Morgan fingerprint density at radius 1 is 1.06 bits per heavy atom. The van der Waals surface area contributed by atoms with Crippen molar-refractivity contribution in [3.05, 3.63) is 42.0 Å². The topological polar surface area (TPSA) is 20.3 Å². The van der Waals surface area contributed by atoms with Crippen LogP contribution in [0.1, 0.15) is 23.7 Å². The second kappa shape index (κ2) is 4.58. The van der Waals surface area contributed by atoms with E-state index in [4.69, 9.17) is 0 Å². The molecule has 88 valence electrons. The maximum atomic E-state index is 11.6. The third-order valence-electron chi connectivity index (χ3n) is 2.98. The van der Waals surface area contributed by atoms with E-state index in [0.717, 1.165) is 10.9 Å². The summed E-state index contributed by atoms with van der Waals surface area (Å²) in [6, 6.07) is 12.2. The smallest absolute Gasteiger partial charge is 0.162 e. The lowest BCUT2D eigenvalue weighted by molar-refractivity contribution is 0.0988. The van der Waals surface area contributed by atoms with Crippen LogP contribution in [0.2, 0.25) is 0 Å². The molecule has 2 aromatic carbocycles. The van der Waals surface area contributed by atoms with Gasteiger partial charge in [0.1, 0.15) is 0 Å². The Labute approximate surface area is 102 Å². The number of rotatable bonds is 3. The van der Waals surface area contributed by atoms with Gasteiger partial charge in [0.15, 0.2) is 5.78 Å². The van der Waals surface area contributed by atoms with Crippen LogP contribution in [0.4, 0.5) is 5.69 Å². The van der Waals surface area contributed by atoms with Gasteiger partial charge >= 0.3 is 0 Å². The molecular formula is C15H17NO. The van der Waals surface area contributed by atoms with Crippen molar-refractivity contribution in [3.8, 4) is 0 Å². The Morgan fingerprint density at radius 2 is 1.71 bits per heavy atom. The van der Waals surface area contributed by atoms with Gasteiger partial charge in [-0.3, -0.25) is 4.79 Å². The van der Waals surface area contributed by atoms with Crippen molar-refractivity contribution in [3.63, 3.8) is 0 Å². The highest BCUT2D eigenvalue weighted by molar-refractivity contribution is 6.00. The van der Waals surface area contributed by atoms with Crippen molar-refractivity contribution in [2.75, 3.05) is 19.0 Å². The predicted octanol–water partition coefficient (Wildman–Crippen LogP) is 3.50. The summed E-state index contributed by atoms with van der Waals surface area (Å²) in [6.07, 6.45) is 0.557. The molecule has 0 saturated carbocycles. The van der Waals surface area contributed by atoms with Crippen LogP contribution in [-0.4, -0.2) is 19.9 Å². The van der Waals surface area contributed by atoms with Gasteiger partial charge in [-0.15, -0.1) is 0 Å². The van der Waals surface area contributed by atoms with Crippen LogP contribution >= 0.6 is 0 Å². The van der Waals surface area contributed by atoms with Crippen molar-refractivity contribution in [2.24, 2.45) is 0 Å². The molecule has 2 aromatic rings. The molecule has 0 amide bonds. The summed E-state index contributed by atoms with van der Waals surface area (Å²) in [7, 11) is 4.05. The summed E-state index contributed by atoms with van der Waals surface area (Å²) in [4.78, 5) is 13.7. The molecule has 0 bridgehead atoms. The molecular weight excluding hydrogens is 210 g/mol. The number of ketones is 1. The van der Waals surface area contributed by atoms with Crippen LogP contribution in [-0.2, 0) is 0 Å².